The lowest BCUT2D eigenvalue weighted by Crippen LogP contribution is -2.19. The lowest BCUT2D eigenvalue weighted by atomic mass is 10.2. The van der Waals surface area contributed by atoms with E-state index in [1.54, 1.807) is 0 Å². The fourth-order valence-corrected chi connectivity index (χ4v) is 2.36. The second-order valence-corrected chi connectivity index (χ2v) is 5.16. The van der Waals surface area contributed by atoms with E-state index in [1.165, 1.54) is 5.56 Å². The molecule has 2 N–H and O–H groups in total. The van der Waals surface area contributed by atoms with Crippen molar-refractivity contribution in [3.63, 3.8) is 0 Å². The van der Waals surface area contributed by atoms with Crippen molar-refractivity contribution in [3.8, 4) is 0 Å². The van der Waals surface area contributed by atoms with Crippen molar-refractivity contribution in [3.05, 3.63) is 47.5 Å². The van der Waals surface area contributed by atoms with Gasteiger partial charge in [-0.25, -0.2) is 4.98 Å². The van der Waals surface area contributed by atoms with Gasteiger partial charge in [-0.15, -0.1) is 0 Å². The van der Waals surface area contributed by atoms with Crippen LogP contribution in [0.15, 0.2) is 30.5 Å². The summed E-state index contributed by atoms with van der Waals surface area (Å²) in [6.07, 6.45) is 2.05. The highest BCUT2D eigenvalue weighted by atomic mass is 15.3. The number of aromatic nitrogens is 4. The van der Waals surface area contributed by atoms with Gasteiger partial charge in [0.1, 0.15) is 5.82 Å². The molecule has 3 rings (SSSR count). The summed E-state index contributed by atoms with van der Waals surface area (Å²) < 4.78 is 1.85. The number of aromatic amines is 1. The number of H-pyrrole nitrogens is 1. The largest absolute Gasteiger partial charge is 0.341 e. The van der Waals surface area contributed by atoms with Crippen molar-refractivity contribution in [1.29, 1.82) is 0 Å². The van der Waals surface area contributed by atoms with Gasteiger partial charge in [-0.2, -0.15) is 5.10 Å². The first-order chi connectivity index (χ1) is 9.63. The van der Waals surface area contributed by atoms with Crippen LogP contribution in [0, 0.1) is 6.92 Å². The van der Waals surface area contributed by atoms with E-state index in [-0.39, 0.29) is 6.04 Å². The standard InChI is InChI=1S/C15H19N5/c1-10-12(9-20(3)19-10)8-16-11(2)15-17-13-6-4-5-7-14(13)18-15/h4-7,9,11,16H,8H2,1-3H3,(H,17,18). The fraction of sp³-hybridized carbons (Fsp3) is 0.333. The summed E-state index contributed by atoms with van der Waals surface area (Å²) in [5.41, 5.74) is 4.37. The van der Waals surface area contributed by atoms with E-state index in [0.717, 1.165) is 29.1 Å². The van der Waals surface area contributed by atoms with Crippen molar-refractivity contribution in [2.45, 2.75) is 26.4 Å². The van der Waals surface area contributed by atoms with E-state index in [4.69, 9.17) is 0 Å². The van der Waals surface area contributed by atoms with Gasteiger partial charge in [0, 0.05) is 25.4 Å². The van der Waals surface area contributed by atoms with E-state index in [9.17, 15) is 0 Å². The predicted octanol–water partition coefficient (Wildman–Crippen LogP) is 2.46. The van der Waals surface area contributed by atoms with Gasteiger partial charge in [-0.3, -0.25) is 4.68 Å². The van der Waals surface area contributed by atoms with Gasteiger partial charge in [0.25, 0.3) is 0 Å². The van der Waals surface area contributed by atoms with Gasteiger partial charge in [-0.05, 0) is 26.0 Å². The minimum absolute atomic E-state index is 0.169. The van der Waals surface area contributed by atoms with Gasteiger partial charge in [-0.1, -0.05) is 12.1 Å². The number of fused-ring (bicyclic) bond motifs is 1. The average Bonchev–Trinajstić information content (AvgIpc) is 2.99. The second-order valence-electron chi connectivity index (χ2n) is 5.16. The van der Waals surface area contributed by atoms with Gasteiger partial charge in [0.15, 0.2) is 0 Å². The zero-order valence-corrected chi connectivity index (χ0v) is 12.0. The Hall–Kier alpha value is -2.14. The molecule has 104 valence electrons. The summed E-state index contributed by atoms with van der Waals surface area (Å²) in [6, 6.07) is 8.25. The number of rotatable bonds is 4. The third kappa shape index (κ3) is 2.44. The Morgan fingerprint density at radius 2 is 2.15 bits per heavy atom. The predicted molar refractivity (Wildman–Crippen MR) is 79.3 cm³/mol. The molecule has 5 heteroatoms. The molecule has 2 aromatic heterocycles. The Balaban J connectivity index is 1.72. The first-order valence-electron chi connectivity index (χ1n) is 6.80. The number of hydrogen-bond donors (Lipinski definition) is 2. The highest BCUT2D eigenvalue weighted by Gasteiger charge is 2.11. The number of hydrogen-bond acceptors (Lipinski definition) is 3. The molecular formula is C15H19N5. The third-order valence-electron chi connectivity index (χ3n) is 3.53. The van der Waals surface area contributed by atoms with Crippen LogP contribution in [0.3, 0.4) is 0 Å². The number of para-hydroxylation sites is 2. The number of benzene rings is 1. The summed E-state index contributed by atoms with van der Waals surface area (Å²) in [4.78, 5) is 7.97. The highest BCUT2D eigenvalue weighted by molar-refractivity contribution is 5.74. The van der Waals surface area contributed by atoms with Crippen LogP contribution in [0.25, 0.3) is 11.0 Å². The Morgan fingerprint density at radius 3 is 2.85 bits per heavy atom. The maximum absolute atomic E-state index is 4.61. The maximum atomic E-state index is 4.61. The Morgan fingerprint density at radius 1 is 1.35 bits per heavy atom. The minimum Gasteiger partial charge on any atom is -0.341 e. The average molecular weight is 269 g/mol. The Kier molecular flexibility index (Phi) is 3.28. The molecule has 2 heterocycles. The first kappa shape index (κ1) is 12.9. The molecule has 0 saturated heterocycles. The number of nitrogens with zero attached hydrogens (tertiary/aromatic N) is 3. The normalized spacial score (nSPS) is 12.9. The summed E-state index contributed by atoms with van der Waals surface area (Å²) in [7, 11) is 1.94. The van der Waals surface area contributed by atoms with Crippen LogP contribution in [0.4, 0.5) is 0 Å². The van der Waals surface area contributed by atoms with Gasteiger partial charge in [0.05, 0.1) is 22.8 Å². The molecule has 0 aliphatic carbocycles. The van der Waals surface area contributed by atoms with Gasteiger partial charge < -0.3 is 10.3 Å². The Bertz CT molecular complexity index is 692. The van der Waals surface area contributed by atoms with Crippen molar-refractivity contribution < 1.29 is 0 Å². The zero-order valence-electron chi connectivity index (χ0n) is 12.0. The quantitative estimate of drug-likeness (QED) is 0.765. The van der Waals surface area contributed by atoms with Crippen LogP contribution in [0.1, 0.15) is 30.0 Å². The van der Waals surface area contributed by atoms with Crippen LogP contribution in [-0.2, 0) is 13.6 Å². The molecule has 0 spiro atoms. The first-order valence-corrected chi connectivity index (χ1v) is 6.80. The summed E-state index contributed by atoms with van der Waals surface area (Å²) in [5, 5.41) is 7.83. The molecule has 20 heavy (non-hydrogen) atoms. The fourth-order valence-electron chi connectivity index (χ4n) is 2.36. The molecule has 1 atom stereocenters. The molecular weight excluding hydrogens is 250 g/mol. The van der Waals surface area contributed by atoms with Crippen molar-refractivity contribution in [1.82, 2.24) is 25.1 Å². The third-order valence-corrected chi connectivity index (χ3v) is 3.53. The molecule has 0 bridgehead atoms. The summed E-state index contributed by atoms with van der Waals surface area (Å²) >= 11 is 0. The van der Waals surface area contributed by atoms with Crippen LogP contribution in [0.5, 0.6) is 0 Å². The number of aryl methyl sites for hydroxylation is 2. The molecule has 3 aromatic rings. The summed E-state index contributed by atoms with van der Waals surface area (Å²) in [6.45, 7) is 4.93. The monoisotopic (exact) mass is 269 g/mol. The van der Waals surface area contributed by atoms with Gasteiger partial charge in [0.2, 0.25) is 0 Å². The number of nitrogens with one attached hydrogen (secondary N) is 2. The molecule has 0 amide bonds. The lowest BCUT2D eigenvalue weighted by molar-refractivity contribution is 0.551. The Labute approximate surface area is 118 Å². The maximum Gasteiger partial charge on any atom is 0.124 e. The smallest absolute Gasteiger partial charge is 0.124 e. The molecule has 0 radical (unpaired) electrons. The highest BCUT2D eigenvalue weighted by Crippen LogP contribution is 2.16. The second kappa shape index (κ2) is 5.09. The molecule has 1 unspecified atom stereocenters. The summed E-state index contributed by atoms with van der Waals surface area (Å²) in [5.74, 6) is 0.966. The molecule has 0 aliphatic rings. The zero-order chi connectivity index (χ0) is 14.1. The van der Waals surface area contributed by atoms with Crippen LogP contribution >= 0.6 is 0 Å². The van der Waals surface area contributed by atoms with E-state index in [0.29, 0.717) is 0 Å². The lowest BCUT2D eigenvalue weighted by Gasteiger charge is -2.10. The molecule has 0 saturated carbocycles. The van der Waals surface area contributed by atoms with E-state index in [2.05, 4.69) is 27.3 Å². The molecule has 1 aromatic carbocycles. The van der Waals surface area contributed by atoms with E-state index < -0.39 is 0 Å². The van der Waals surface area contributed by atoms with Crippen LogP contribution in [0.2, 0.25) is 0 Å². The van der Waals surface area contributed by atoms with Crippen molar-refractivity contribution in [2.24, 2.45) is 7.05 Å². The molecule has 0 aliphatic heterocycles. The molecule has 5 nitrogen and oxygen atoms in total. The topological polar surface area (TPSA) is 58.5 Å². The van der Waals surface area contributed by atoms with E-state index >= 15 is 0 Å². The van der Waals surface area contributed by atoms with Crippen LogP contribution in [-0.4, -0.2) is 19.7 Å². The van der Waals surface area contributed by atoms with Crippen molar-refractivity contribution in [2.75, 3.05) is 0 Å². The SMILES string of the molecule is Cc1nn(C)cc1CNC(C)c1nc2ccccc2[nH]1. The minimum atomic E-state index is 0.169. The van der Waals surface area contributed by atoms with Gasteiger partial charge >= 0.3 is 0 Å². The number of imidazole rings is 1. The van der Waals surface area contributed by atoms with E-state index in [1.807, 2.05) is 49.1 Å². The molecule has 0 fully saturated rings. The van der Waals surface area contributed by atoms with Crippen molar-refractivity contribution >= 4 is 11.0 Å². The van der Waals surface area contributed by atoms with Crippen LogP contribution < -0.4 is 5.32 Å².